The molecule has 0 unspecified atom stereocenters. The first-order chi connectivity index (χ1) is 14.0. The molecule has 152 valence electrons. The first kappa shape index (κ1) is 19.4. The van der Waals surface area contributed by atoms with E-state index in [-0.39, 0.29) is 11.9 Å². The molecule has 1 fully saturated rings. The Hall–Kier alpha value is -2.94. The highest BCUT2D eigenvalue weighted by molar-refractivity contribution is 7.13. The second-order valence-corrected chi connectivity index (χ2v) is 8.37. The maximum atomic E-state index is 13.5. The van der Waals surface area contributed by atoms with E-state index in [2.05, 4.69) is 5.10 Å². The summed E-state index contributed by atoms with van der Waals surface area (Å²) >= 11 is 1.59. The van der Waals surface area contributed by atoms with Crippen molar-refractivity contribution in [3.63, 3.8) is 0 Å². The van der Waals surface area contributed by atoms with Gasteiger partial charge in [0.05, 0.1) is 27.7 Å². The first-order valence-electron chi connectivity index (χ1n) is 9.71. The maximum absolute atomic E-state index is 13.5. The maximum Gasteiger partial charge on any atom is 0.314 e. The van der Waals surface area contributed by atoms with Gasteiger partial charge in [-0.1, -0.05) is 6.07 Å². The Morgan fingerprint density at radius 1 is 1.17 bits per heavy atom. The van der Waals surface area contributed by atoms with Gasteiger partial charge in [0.1, 0.15) is 0 Å². The van der Waals surface area contributed by atoms with E-state index < -0.39 is 6.03 Å². The van der Waals surface area contributed by atoms with Gasteiger partial charge in [-0.25, -0.2) is 14.5 Å². The summed E-state index contributed by atoms with van der Waals surface area (Å²) in [5.74, 6) is -0.0650. The highest BCUT2D eigenvalue weighted by Gasteiger charge is 2.25. The van der Waals surface area contributed by atoms with Crippen LogP contribution in [0.2, 0.25) is 0 Å². The number of nitrogens with zero attached hydrogens (tertiary/aromatic N) is 5. The van der Waals surface area contributed by atoms with Crippen LogP contribution in [0.5, 0.6) is 0 Å². The van der Waals surface area contributed by atoms with E-state index in [1.807, 2.05) is 42.1 Å². The van der Waals surface area contributed by atoms with E-state index in [0.717, 1.165) is 16.0 Å². The van der Waals surface area contributed by atoms with Gasteiger partial charge in [-0.15, -0.1) is 11.3 Å². The molecule has 0 bridgehead atoms. The van der Waals surface area contributed by atoms with E-state index in [0.29, 0.717) is 43.8 Å². The van der Waals surface area contributed by atoms with Gasteiger partial charge in [-0.3, -0.25) is 4.79 Å². The fraction of sp³-hybridized carbons (Fsp3) is 0.400. The number of hydrogen-bond donors (Lipinski definition) is 1. The molecule has 3 aromatic rings. The zero-order valence-corrected chi connectivity index (χ0v) is 17.4. The van der Waals surface area contributed by atoms with Crippen LogP contribution < -0.4 is 5.73 Å². The van der Waals surface area contributed by atoms with Crippen molar-refractivity contribution in [2.75, 3.05) is 26.2 Å². The van der Waals surface area contributed by atoms with Crippen LogP contribution in [0.4, 0.5) is 4.79 Å². The molecular weight excluding hydrogens is 388 g/mol. The Kier molecular flexibility index (Phi) is 5.23. The van der Waals surface area contributed by atoms with Crippen molar-refractivity contribution >= 4 is 34.3 Å². The highest BCUT2D eigenvalue weighted by Crippen LogP contribution is 2.29. The normalized spacial score (nSPS) is 15.1. The minimum absolute atomic E-state index is 0.0650. The summed E-state index contributed by atoms with van der Waals surface area (Å²) in [6, 6.07) is 5.52. The van der Waals surface area contributed by atoms with Crippen molar-refractivity contribution < 1.29 is 9.59 Å². The molecule has 4 rings (SSSR count). The summed E-state index contributed by atoms with van der Waals surface area (Å²) in [6.07, 6.45) is 2.42. The van der Waals surface area contributed by atoms with E-state index in [4.69, 9.17) is 10.7 Å². The average molecular weight is 413 g/mol. The summed E-state index contributed by atoms with van der Waals surface area (Å²) < 4.78 is 1.85. The van der Waals surface area contributed by atoms with Crippen LogP contribution in [0.1, 0.15) is 36.7 Å². The van der Waals surface area contributed by atoms with Crippen LogP contribution in [-0.4, -0.2) is 62.7 Å². The number of aromatic nitrogens is 3. The first-order valence-corrected chi connectivity index (χ1v) is 10.6. The van der Waals surface area contributed by atoms with Gasteiger partial charge < -0.3 is 15.5 Å². The number of hydrogen-bond acceptors (Lipinski definition) is 5. The van der Waals surface area contributed by atoms with Crippen molar-refractivity contribution in [2.45, 2.75) is 26.3 Å². The SMILES string of the molecule is CC(C)n1ncc2c(C(=O)N3CCCN(C(N)=O)CC3)cc(-c3cccs3)nc21. The molecule has 3 aromatic heterocycles. The van der Waals surface area contributed by atoms with Crippen LogP contribution in [0.25, 0.3) is 21.6 Å². The van der Waals surface area contributed by atoms with Crippen molar-refractivity contribution in [3.05, 3.63) is 35.3 Å². The molecule has 1 saturated heterocycles. The predicted molar refractivity (Wildman–Crippen MR) is 113 cm³/mol. The largest absolute Gasteiger partial charge is 0.351 e. The Morgan fingerprint density at radius 2 is 1.93 bits per heavy atom. The molecule has 29 heavy (non-hydrogen) atoms. The minimum Gasteiger partial charge on any atom is -0.351 e. The third kappa shape index (κ3) is 3.69. The summed E-state index contributed by atoms with van der Waals surface area (Å²) in [4.78, 5) is 34.2. The fourth-order valence-electron chi connectivity index (χ4n) is 3.63. The Labute approximate surface area is 172 Å². The number of rotatable bonds is 3. The van der Waals surface area contributed by atoms with Gasteiger partial charge in [0.2, 0.25) is 0 Å². The summed E-state index contributed by atoms with van der Waals surface area (Å²) in [6.45, 7) is 6.13. The lowest BCUT2D eigenvalue weighted by Crippen LogP contribution is -2.39. The second kappa shape index (κ2) is 7.82. The third-order valence-corrected chi connectivity index (χ3v) is 6.05. The van der Waals surface area contributed by atoms with Crippen LogP contribution >= 0.6 is 11.3 Å². The van der Waals surface area contributed by atoms with E-state index in [9.17, 15) is 9.59 Å². The number of urea groups is 1. The van der Waals surface area contributed by atoms with Gasteiger partial charge in [0, 0.05) is 32.2 Å². The lowest BCUT2D eigenvalue weighted by Gasteiger charge is -2.22. The van der Waals surface area contributed by atoms with Crippen LogP contribution in [0, 0.1) is 0 Å². The van der Waals surface area contributed by atoms with Crippen molar-refractivity contribution in [1.29, 1.82) is 0 Å². The average Bonchev–Trinajstić information content (AvgIpc) is 3.31. The smallest absolute Gasteiger partial charge is 0.314 e. The van der Waals surface area contributed by atoms with Crippen molar-refractivity contribution in [2.24, 2.45) is 5.73 Å². The van der Waals surface area contributed by atoms with Gasteiger partial charge in [0.15, 0.2) is 5.65 Å². The molecule has 0 spiro atoms. The van der Waals surface area contributed by atoms with E-state index in [1.165, 1.54) is 0 Å². The number of carbonyl (C=O) groups excluding carboxylic acids is 2. The van der Waals surface area contributed by atoms with Crippen molar-refractivity contribution in [3.8, 4) is 10.6 Å². The molecule has 0 saturated carbocycles. The summed E-state index contributed by atoms with van der Waals surface area (Å²) in [5, 5.41) is 7.22. The van der Waals surface area contributed by atoms with Gasteiger partial charge >= 0.3 is 6.03 Å². The van der Waals surface area contributed by atoms with Gasteiger partial charge in [0.25, 0.3) is 5.91 Å². The number of nitrogens with two attached hydrogens (primary N) is 1. The Morgan fingerprint density at radius 3 is 2.62 bits per heavy atom. The fourth-order valence-corrected chi connectivity index (χ4v) is 4.32. The zero-order chi connectivity index (χ0) is 20.5. The third-order valence-electron chi connectivity index (χ3n) is 5.15. The highest BCUT2D eigenvalue weighted by atomic mass is 32.1. The molecule has 4 heterocycles. The lowest BCUT2D eigenvalue weighted by molar-refractivity contribution is 0.0764. The zero-order valence-electron chi connectivity index (χ0n) is 16.5. The Bertz CT molecular complexity index is 1040. The molecule has 0 atom stereocenters. The molecule has 0 aliphatic carbocycles. The molecule has 8 nitrogen and oxygen atoms in total. The number of pyridine rings is 1. The van der Waals surface area contributed by atoms with Gasteiger partial charge in [-0.2, -0.15) is 5.10 Å². The summed E-state index contributed by atoms with van der Waals surface area (Å²) in [5.41, 5.74) is 7.49. The lowest BCUT2D eigenvalue weighted by atomic mass is 10.1. The van der Waals surface area contributed by atoms with Gasteiger partial charge in [-0.05, 0) is 37.8 Å². The number of amides is 3. The number of thiophene rings is 1. The topological polar surface area (TPSA) is 97.4 Å². The molecule has 9 heteroatoms. The minimum atomic E-state index is -0.441. The molecule has 0 aromatic carbocycles. The number of fused-ring (bicyclic) bond motifs is 1. The van der Waals surface area contributed by atoms with E-state index >= 15 is 0 Å². The van der Waals surface area contributed by atoms with E-state index in [1.54, 1.807) is 27.3 Å². The summed E-state index contributed by atoms with van der Waals surface area (Å²) in [7, 11) is 0. The number of carbonyl (C=O) groups is 2. The quantitative estimate of drug-likeness (QED) is 0.715. The van der Waals surface area contributed by atoms with Crippen LogP contribution in [-0.2, 0) is 0 Å². The number of primary amides is 1. The molecule has 0 radical (unpaired) electrons. The Balaban J connectivity index is 1.76. The molecule has 1 aliphatic heterocycles. The molecule has 3 amide bonds. The molecule has 1 aliphatic rings. The van der Waals surface area contributed by atoms with Crippen LogP contribution in [0.3, 0.4) is 0 Å². The van der Waals surface area contributed by atoms with Crippen LogP contribution in [0.15, 0.2) is 29.8 Å². The molecule has 2 N–H and O–H groups in total. The van der Waals surface area contributed by atoms with Crippen molar-refractivity contribution in [1.82, 2.24) is 24.6 Å². The monoisotopic (exact) mass is 412 g/mol. The predicted octanol–water partition coefficient (Wildman–Crippen LogP) is 2.97. The second-order valence-electron chi connectivity index (χ2n) is 7.42. The standard InChI is InChI=1S/C20H24N6O2S/c1-13(2)26-18-15(12-22-26)14(11-16(23-18)17-5-3-10-29-17)19(27)24-6-4-7-25(9-8-24)20(21)28/h3,5,10-13H,4,6-9H2,1-2H3,(H2,21,28). The molecular formula is C20H24N6O2S.